The Kier molecular flexibility index (Phi) is 3.10. The Bertz CT molecular complexity index is 128. The summed E-state index contributed by atoms with van der Waals surface area (Å²) in [6.45, 7) is 2.26. The molecule has 0 aliphatic carbocycles. The van der Waals surface area contributed by atoms with Gasteiger partial charge in [0.05, 0.1) is 0 Å². The van der Waals surface area contributed by atoms with Crippen LogP contribution >= 0.6 is 15.9 Å². The van der Waals surface area contributed by atoms with E-state index in [4.69, 9.17) is 0 Å². The highest BCUT2D eigenvalue weighted by Crippen LogP contribution is 2.09. The average molecular weight is 188 g/mol. The summed E-state index contributed by atoms with van der Waals surface area (Å²) >= 11 is 3.10. The molecule has 0 amide bonds. The summed E-state index contributed by atoms with van der Waals surface area (Å²) < 4.78 is 0. The van der Waals surface area contributed by atoms with E-state index in [1.165, 1.54) is 12.8 Å². The molecule has 2 heteroatoms. The Morgan fingerprint density at radius 3 is 2.56 bits per heavy atom. The summed E-state index contributed by atoms with van der Waals surface area (Å²) in [5.41, 5.74) is 0. The molecule has 0 aromatic carbocycles. The van der Waals surface area contributed by atoms with Crippen molar-refractivity contribution in [2.45, 2.75) is 12.8 Å². The molecule has 0 saturated carbocycles. The molecule has 0 spiro atoms. The Labute approximate surface area is 64.3 Å². The Balaban J connectivity index is 2.28. The number of halogens is 1. The van der Waals surface area contributed by atoms with Crippen LogP contribution in [-0.4, -0.2) is 13.1 Å². The van der Waals surface area contributed by atoms with E-state index in [9.17, 15) is 0 Å². The third-order valence-electron chi connectivity index (χ3n) is 1.60. The molecule has 0 radical (unpaired) electrons. The number of hydrogen-bond donors (Lipinski definition) is 1. The van der Waals surface area contributed by atoms with Crippen LogP contribution < -0.4 is 5.32 Å². The highest BCUT2D eigenvalue weighted by Gasteiger charge is 2.08. The number of nitrogens with one attached hydrogen (secondary N) is 1. The van der Waals surface area contributed by atoms with E-state index >= 15 is 0 Å². The lowest BCUT2D eigenvalue weighted by Gasteiger charge is -2.16. The van der Waals surface area contributed by atoms with Gasteiger partial charge in [-0.3, -0.25) is 0 Å². The molecular formula is C7H10BrN. The van der Waals surface area contributed by atoms with Gasteiger partial charge < -0.3 is 5.32 Å². The zero-order valence-electron chi connectivity index (χ0n) is 5.28. The first-order valence-electron chi connectivity index (χ1n) is 3.25. The van der Waals surface area contributed by atoms with Crippen molar-refractivity contribution in [1.29, 1.82) is 0 Å². The van der Waals surface area contributed by atoms with Crippen molar-refractivity contribution in [1.82, 2.24) is 5.32 Å². The van der Waals surface area contributed by atoms with Gasteiger partial charge in [-0.25, -0.2) is 0 Å². The zero-order chi connectivity index (χ0) is 6.53. The van der Waals surface area contributed by atoms with Crippen molar-refractivity contribution >= 4 is 15.9 Å². The lowest BCUT2D eigenvalue weighted by molar-refractivity contribution is 0.448. The van der Waals surface area contributed by atoms with Crippen molar-refractivity contribution in [3.8, 4) is 10.8 Å². The van der Waals surface area contributed by atoms with Crippen LogP contribution in [0.15, 0.2) is 0 Å². The summed E-state index contributed by atoms with van der Waals surface area (Å²) in [5.74, 6) is 3.74. The molecule has 0 aromatic rings. The molecule has 1 aliphatic rings. The van der Waals surface area contributed by atoms with Crippen molar-refractivity contribution in [2.24, 2.45) is 5.92 Å². The summed E-state index contributed by atoms with van der Waals surface area (Å²) in [5, 5.41) is 3.29. The van der Waals surface area contributed by atoms with E-state index in [-0.39, 0.29) is 0 Å². The second-order valence-corrected chi connectivity index (χ2v) is 2.66. The average Bonchev–Trinajstić information content (AvgIpc) is 1.91. The van der Waals surface area contributed by atoms with Gasteiger partial charge in [0.25, 0.3) is 0 Å². The predicted octanol–water partition coefficient (Wildman–Crippen LogP) is 1.34. The van der Waals surface area contributed by atoms with Gasteiger partial charge in [0.15, 0.2) is 0 Å². The number of hydrogen-bond acceptors (Lipinski definition) is 1. The van der Waals surface area contributed by atoms with Crippen molar-refractivity contribution in [2.75, 3.05) is 13.1 Å². The fourth-order valence-corrected chi connectivity index (χ4v) is 1.37. The molecule has 1 nitrogen and oxygen atoms in total. The standard InChI is InChI=1S/C7H10BrN/c8-4-1-7-2-5-9-6-3-7/h7,9H,2-3,5-6H2. The fraction of sp³-hybridized carbons (Fsp3) is 0.714. The van der Waals surface area contributed by atoms with Gasteiger partial charge in [0.2, 0.25) is 0 Å². The van der Waals surface area contributed by atoms with Gasteiger partial charge >= 0.3 is 0 Å². The van der Waals surface area contributed by atoms with E-state index in [2.05, 4.69) is 32.0 Å². The van der Waals surface area contributed by atoms with E-state index in [1.807, 2.05) is 0 Å². The van der Waals surface area contributed by atoms with Crippen LogP contribution in [0.25, 0.3) is 0 Å². The molecule has 0 bridgehead atoms. The van der Waals surface area contributed by atoms with Gasteiger partial charge in [-0.2, -0.15) is 0 Å². The summed E-state index contributed by atoms with van der Waals surface area (Å²) in [6, 6.07) is 0. The molecule has 1 aliphatic heterocycles. The largest absolute Gasteiger partial charge is 0.317 e. The second-order valence-electron chi connectivity index (χ2n) is 2.26. The third kappa shape index (κ3) is 2.38. The normalized spacial score (nSPS) is 20.6. The molecule has 1 N–H and O–H groups in total. The zero-order valence-corrected chi connectivity index (χ0v) is 6.87. The molecule has 0 aromatic heterocycles. The van der Waals surface area contributed by atoms with Crippen LogP contribution in [0.2, 0.25) is 0 Å². The first kappa shape index (κ1) is 7.11. The highest BCUT2D eigenvalue weighted by atomic mass is 79.9. The number of piperidine rings is 1. The van der Waals surface area contributed by atoms with Crippen molar-refractivity contribution in [3.63, 3.8) is 0 Å². The third-order valence-corrected chi connectivity index (χ3v) is 1.83. The quantitative estimate of drug-likeness (QED) is 0.565. The van der Waals surface area contributed by atoms with Gasteiger partial charge in [-0.05, 0) is 30.8 Å². The second kappa shape index (κ2) is 3.92. The lowest BCUT2D eigenvalue weighted by atomic mass is 10.00. The number of rotatable bonds is 0. The molecule has 1 saturated heterocycles. The molecule has 1 fully saturated rings. The van der Waals surface area contributed by atoms with E-state index in [0.717, 1.165) is 13.1 Å². The minimum atomic E-state index is 0.630. The molecule has 0 unspecified atom stereocenters. The lowest BCUT2D eigenvalue weighted by Crippen LogP contribution is -2.26. The Hall–Kier alpha value is 0.00000000000000000694. The van der Waals surface area contributed by atoms with Crippen molar-refractivity contribution < 1.29 is 0 Å². The van der Waals surface area contributed by atoms with Gasteiger partial charge in [-0.15, -0.1) is 0 Å². The van der Waals surface area contributed by atoms with Crippen LogP contribution in [0.4, 0.5) is 0 Å². The SMILES string of the molecule is BrC#CC1CCNCC1. The van der Waals surface area contributed by atoms with Crippen LogP contribution in [0.3, 0.4) is 0 Å². The summed E-state index contributed by atoms with van der Waals surface area (Å²) in [6.07, 6.45) is 2.41. The maximum Gasteiger partial charge on any atom is 0.0236 e. The molecule has 9 heavy (non-hydrogen) atoms. The summed E-state index contributed by atoms with van der Waals surface area (Å²) in [4.78, 5) is 2.77. The molecule has 1 rings (SSSR count). The Morgan fingerprint density at radius 2 is 2.00 bits per heavy atom. The maximum absolute atomic E-state index is 3.29. The molecule has 50 valence electrons. The first-order valence-corrected chi connectivity index (χ1v) is 4.04. The predicted molar refractivity (Wildman–Crippen MR) is 42.3 cm³/mol. The van der Waals surface area contributed by atoms with Crippen LogP contribution in [0, 0.1) is 16.7 Å². The Morgan fingerprint density at radius 1 is 1.33 bits per heavy atom. The minimum Gasteiger partial charge on any atom is -0.317 e. The van der Waals surface area contributed by atoms with E-state index in [0.29, 0.717) is 5.92 Å². The molecule has 0 atom stereocenters. The summed E-state index contributed by atoms with van der Waals surface area (Å²) in [7, 11) is 0. The first-order chi connectivity index (χ1) is 4.43. The van der Waals surface area contributed by atoms with E-state index in [1.54, 1.807) is 0 Å². The highest BCUT2D eigenvalue weighted by molar-refractivity contribution is 9.12. The minimum absolute atomic E-state index is 0.630. The van der Waals surface area contributed by atoms with Crippen LogP contribution in [-0.2, 0) is 0 Å². The maximum atomic E-state index is 3.29. The fourth-order valence-electron chi connectivity index (χ4n) is 1.04. The van der Waals surface area contributed by atoms with Gasteiger partial charge in [-0.1, -0.05) is 5.92 Å². The smallest absolute Gasteiger partial charge is 0.0236 e. The van der Waals surface area contributed by atoms with Gasteiger partial charge in [0, 0.05) is 21.8 Å². The monoisotopic (exact) mass is 187 g/mol. The molecule has 1 heterocycles. The topological polar surface area (TPSA) is 12.0 Å². The van der Waals surface area contributed by atoms with E-state index < -0.39 is 0 Å². The van der Waals surface area contributed by atoms with Crippen LogP contribution in [0.1, 0.15) is 12.8 Å². The molecular weight excluding hydrogens is 178 g/mol. The van der Waals surface area contributed by atoms with Crippen molar-refractivity contribution in [3.05, 3.63) is 0 Å². The van der Waals surface area contributed by atoms with Crippen LogP contribution in [0.5, 0.6) is 0 Å². The van der Waals surface area contributed by atoms with Gasteiger partial charge in [0.1, 0.15) is 0 Å².